The second-order valence-electron chi connectivity index (χ2n) is 4.99. The van der Waals surface area contributed by atoms with Crippen molar-refractivity contribution in [1.82, 2.24) is 5.32 Å². The Morgan fingerprint density at radius 2 is 1.79 bits per heavy atom. The van der Waals surface area contributed by atoms with Crippen LogP contribution in [0.5, 0.6) is 0 Å². The standard InChI is InChI=1S/C17H14Cl2N2O3/c1-10(22)11-3-2-4-13(7-11)21-16(23)9-20-17(24)14-6-5-12(18)8-15(14)19/h2-8H,9H2,1H3,(H,20,24)(H,21,23). The molecule has 0 saturated heterocycles. The maximum Gasteiger partial charge on any atom is 0.253 e. The molecule has 0 spiro atoms. The molecule has 0 heterocycles. The van der Waals surface area contributed by atoms with Gasteiger partial charge in [0.2, 0.25) is 5.91 Å². The minimum absolute atomic E-state index is 0.100. The van der Waals surface area contributed by atoms with E-state index in [1.54, 1.807) is 24.3 Å². The third-order valence-electron chi connectivity index (χ3n) is 3.14. The van der Waals surface area contributed by atoms with Crippen molar-refractivity contribution in [2.75, 3.05) is 11.9 Å². The van der Waals surface area contributed by atoms with Crippen molar-refractivity contribution >= 4 is 46.5 Å². The van der Waals surface area contributed by atoms with E-state index < -0.39 is 11.8 Å². The van der Waals surface area contributed by atoms with Gasteiger partial charge in [0.05, 0.1) is 17.1 Å². The van der Waals surface area contributed by atoms with Crippen molar-refractivity contribution in [3.63, 3.8) is 0 Å². The number of halogens is 2. The van der Waals surface area contributed by atoms with E-state index in [0.29, 0.717) is 16.3 Å². The monoisotopic (exact) mass is 364 g/mol. The average Bonchev–Trinajstić information content (AvgIpc) is 2.53. The quantitative estimate of drug-likeness (QED) is 0.796. The van der Waals surface area contributed by atoms with Crippen LogP contribution < -0.4 is 10.6 Å². The van der Waals surface area contributed by atoms with E-state index in [2.05, 4.69) is 10.6 Å². The molecule has 0 aliphatic carbocycles. The van der Waals surface area contributed by atoms with Crippen LogP contribution >= 0.6 is 23.2 Å². The molecule has 7 heteroatoms. The molecule has 0 aliphatic rings. The summed E-state index contributed by atoms with van der Waals surface area (Å²) < 4.78 is 0. The van der Waals surface area contributed by atoms with Gasteiger partial charge in [0.15, 0.2) is 5.78 Å². The summed E-state index contributed by atoms with van der Waals surface area (Å²) in [5.41, 5.74) is 1.20. The lowest BCUT2D eigenvalue weighted by Crippen LogP contribution is -2.33. The fourth-order valence-corrected chi connectivity index (χ4v) is 2.44. The summed E-state index contributed by atoms with van der Waals surface area (Å²) in [6.45, 7) is 1.21. The summed E-state index contributed by atoms with van der Waals surface area (Å²) in [5.74, 6) is -1.00. The van der Waals surface area contributed by atoms with Gasteiger partial charge >= 0.3 is 0 Å². The van der Waals surface area contributed by atoms with Crippen molar-refractivity contribution in [2.24, 2.45) is 0 Å². The molecule has 5 nitrogen and oxygen atoms in total. The predicted octanol–water partition coefficient (Wildman–Crippen LogP) is 3.56. The maximum absolute atomic E-state index is 12.0. The Balaban J connectivity index is 1.94. The number of ketones is 1. The Kier molecular flexibility index (Phi) is 5.95. The number of carbonyl (C=O) groups is 3. The molecule has 124 valence electrons. The second kappa shape index (κ2) is 7.95. The van der Waals surface area contributed by atoms with E-state index in [1.807, 2.05) is 0 Å². The highest BCUT2D eigenvalue weighted by atomic mass is 35.5. The Morgan fingerprint density at radius 3 is 2.46 bits per heavy atom. The van der Waals surface area contributed by atoms with E-state index in [-0.39, 0.29) is 22.9 Å². The first kappa shape index (κ1) is 18.0. The van der Waals surface area contributed by atoms with Crippen LogP contribution in [0.25, 0.3) is 0 Å². The molecular formula is C17H14Cl2N2O3. The van der Waals surface area contributed by atoms with Crippen LogP contribution in [0.2, 0.25) is 10.0 Å². The Hall–Kier alpha value is -2.37. The van der Waals surface area contributed by atoms with Crippen LogP contribution in [-0.2, 0) is 4.79 Å². The first-order valence-corrected chi connectivity index (χ1v) is 7.76. The zero-order valence-electron chi connectivity index (χ0n) is 12.7. The van der Waals surface area contributed by atoms with Crippen LogP contribution in [0, 0.1) is 0 Å². The number of Topliss-reactive ketones (excluding diaryl/α,β-unsaturated/α-hetero) is 1. The van der Waals surface area contributed by atoms with Gasteiger partial charge in [-0.05, 0) is 37.3 Å². The Bertz CT molecular complexity index is 806. The first-order valence-electron chi connectivity index (χ1n) is 7.01. The fourth-order valence-electron chi connectivity index (χ4n) is 1.95. The molecule has 0 saturated carbocycles. The maximum atomic E-state index is 12.0. The number of anilines is 1. The van der Waals surface area contributed by atoms with Crippen LogP contribution in [-0.4, -0.2) is 24.1 Å². The van der Waals surface area contributed by atoms with Gasteiger partial charge in [0, 0.05) is 16.3 Å². The van der Waals surface area contributed by atoms with Gasteiger partial charge in [0.25, 0.3) is 5.91 Å². The summed E-state index contributed by atoms with van der Waals surface area (Å²) in [6, 6.07) is 11.0. The topological polar surface area (TPSA) is 75.3 Å². The number of rotatable bonds is 5. The predicted molar refractivity (Wildman–Crippen MR) is 93.9 cm³/mol. The molecule has 0 radical (unpaired) electrons. The number of amides is 2. The van der Waals surface area contributed by atoms with Crippen molar-refractivity contribution < 1.29 is 14.4 Å². The molecule has 2 aromatic carbocycles. The minimum Gasteiger partial charge on any atom is -0.343 e. The van der Waals surface area contributed by atoms with Gasteiger partial charge < -0.3 is 10.6 Å². The molecule has 2 rings (SSSR count). The fraction of sp³-hybridized carbons (Fsp3) is 0.118. The van der Waals surface area contributed by atoms with Crippen molar-refractivity contribution in [1.29, 1.82) is 0 Å². The highest BCUT2D eigenvalue weighted by Gasteiger charge is 2.12. The molecule has 2 amide bonds. The van der Waals surface area contributed by atoms with Gasteiger partial charge in [-0.1, -0.05) is 35.3 Å². The van der Waals surface area contributed by atoms with Crippen LogP contribution in [0.15, 0.2) is 42.5 Å². The SMILES string of the molecule is CC(=O)c1cccc(NC(=O)CNC(=O)c2ccc(Cl)cc2Cl)c1. The van der Waals surface area contributed by atoms with E-state index in [1.165, 1.54) is 25.1 Å². The lowest BCUT2D eigenvalue weighted by Gasteiger charge is -2.09. The summed E-state index contributed by atoms with van der Waals surface area (Å²) in [5, 5.41) is 5.70. The molecule has 0 atom stereocenters. The van der Waals surface area contributed by atoms with Gasteiger partial charge in [-0.15, -0.1) is 0 Å². The molecule has 0 bridgehead atoms. The van der Waals surface area contributed by atoms with Crippen molar-refractivity contribution in [3.8, 4) is 0 Å². The van der Waals surface area contributed by atoms with Gasteiger partial charge in [-0.3, -0.25) is 14.4 Å². The first-order chi connectivity index (χ1) is 11.4. The van der Waals surface area contributed by atoms with Crippen molar-refractivity contribution in [2.45, 2.75) is 6.92 Å². The highest BCUT2D eigenvalue weighted by Crippen LogP contribution is 2.20. The molecular weight excluding hydrogens is 351 g/mol. The normalized spacial score (nSPS) is 10.1. The van der Waals surface area contributed by atoms with Gasteiger partial charge in [0.1, 0.15) is 0 Å². The van der Waals surface area contributed by atoms with Crippen LogP contribution in [0.1, 0.15) is 27.6 Å². The highest BCUT2D eigenvalue weighted by molar-refractivity contribution is 6.36. The van der Waals surface area contributed by atoms with Crippen molar-refractivity contribution in [3.05, 3.63) is 63.6 Å². The number of nitrogens with one attached hydrogen (secondary N) is 2. The molecule has 24 heavy (non-hydrogen) atoms. The number of benzene rings is 2. The van der Waals surface area contributed by atoms with Gasteiger partial charge in [-0.25, -0.2) is 0 Å². The number of carbonyl (C=O) groups excluding carboxylic acids is 3. The Labute approximate surface area is 149 Å². The van der Waals surface area contributed by atoms with Gasteiger partial charge in [-0.2, -0.15) is 0 Å². The summed E-state index contributed by atoms with van der Waals surface area (Å²) in [4.78, 5) is 35.2. The lowest BCUT2D eigenvalue weighted by atomic mass is 10.1. The van der Waals surface area contributed by atoms with E-state index >= 15 is 0 Å². The Morgan fingerprint density at radius 1 is 1.04 bits per heavy atom. The molecule has 0 aromatic heterocycles. The largest absolute Gasteiger partial charge is 0.343 e. The minimum atomic E-state index is -0.482. The van der Waals surface area contributed by atoms with Crippen LogP contribution in [0.4, 0.5) is 5.69 Å². The van der Waals surface area contributed by atoms with E-state index in [0.717, 1.165) is 0 Å². The summed E-state index contributed by atoms with van der Waals surface area (Å²) in [6.07, 6.45) is 0. The third kappa shape index (κ3) is 4.81. The number of hydrogen-bond acceptors (Lipinski definition) is 3. The average molecular weight is 365 g/mol. The third-order valence-corrected chi connectivity index (χ3v) is 3.69. The molecule has 0 aliphatic heterocycles. The lowest BCUT2D eigenvalue weighted by molar-refractivity contribution is -0.115. The zero-order chi connectivity index (χ0) is 17.7. The molecule has 2 aromatic rings. The summed E-state index contributed by atoms with van der Waals surface area (Å²) >= 11 is 11.7. The molecule has 0 unspecified atom stereocenters. The van der Waals surface area contributed by atoms with Crippen LogP contribution in [0.3, 0.4) is 0 Å². The molecule has 2 N–H and O–H groups in total. The zero-order valence-corrected chi connectivity index (χ0v) is 14.2. The summed E-state index contributed by atoms with van der Waals surface area (Å²) in [7, 11) is 0. The smallest absolute Gasteiger partial charge is 0.253 e. The van der Waals surface area contributed by atoms with E-state index in [4.69, 9.17) is 23.2 Å². The molecule has 0 fully saturated rings. The second-order valence-corrected chi connectivity index (χ2v) is 5.84. The van der Waals surface area contributed by atoms with E-state index in [9.17, 15) is 14.4 Å². The number of hydrogen-bond donors (Lipinski definition) is 2.